The zero-order valence-electron chi connectivity index (χ0n) is 13.3. The molecular formula is C18H10ClF4NO3. The lowest BCUT2D eigenvalue weighted by atomic mass is 9.87. The second kappa shape index (κ2) is 5.63. The number of fused-ring (bicyclic) bond motifs is 5. The third kappa shape index (κ3) is 2.55. The molecule has 1 aromatic heterocycles. The third-order valence-corrected chi connectivity index (χ3v) is 5.04. The number of hydrogen-bond donors (Lipinski definition) is 3. The molecule has 0 aliphatic heterocycles. The molecule has 2 aromatic carbocycles. The van der Waals surface area contributed by atoms with Gasteiger partial charge in [0.2, 0.25) is 0 Å². The van der Waals surface area contributed by atoms with Gasteiger partial charge in [-0.25, -0.2) is 9.18 Å². The molecule has 0 spiro atoms. The van der Waals surface area contributed by atoms with Crippen LogP contribution in [0.25, 0.3) is 22.2 Å². The Bertz CT molecular complexity index is 1130. The Morgan fingerprint density at radius 2 is 1.89 bits per heavy atom. The molecule has 3 N–H and O–H groups in total. The Morgan fingerprint density at radius 1 is 1.19 bits per heavy atom. The highest BCUT2D eigenvalue weighted by atomic mass is 35.5. The van der Waals surface area contributed by atoms with Crippen molar-refractivity contribution < 1.29 is 32.6 Å². The summed E-state index contributed by atoms with van der Waals surface area (Å²) >= 11 is 5.69. The van der Waals surface area contributed by atoms with E-state index in [0.717, 1.165) is 6.07 Å². The topological polar surface area (TPSA) is 73.3 Å². The Labute approximate surface area is 154 Å². The standard InChI is InChI=1S/C18H10ClF4NO3/c19-11-4-9-7-2-1-6-3-10(17(26)27)12(25)5-8(6)15(7)24-16(9)14(20)13(11)18(21,22)23/h3-5,24-25H,1-2H2,(H,26,27). The van der Waals surface area contributed by atoms with Crippen molar-refractivity contribution in [2.24, 2.45) is 0 Å². The summed E-state index contributed by atoms with van der Waals surface area (Å²) in [4.78, 5) is 13.8. The lowest BCUT2D eigenvalue weighted by Crippen LogP contribution is -2.09. The molecule has 4 nitrogen and oxygen atoms in total. The van der Waals surface area contributed by atoms with Crippen LogP contribution in [0.2, 0.25) is 5.02 Å². The first-order valence-corrected chi connectivity index (χ1v) is 8.16. The predicted molar refractivity (Wildman–Crippen MR) is 89.7 cm³/mol. The average Bonchev–Trinajstić information content (AvgIpc) is 2.92. The first kappa shape index (κ1) is 17.7. The number of H-pyrrole nitrogens is 1. The van der Waals surface area contributed by atoms with Crippen LogP contribution in [0.4, 0.5) is 17.6 Å². The number of nitrogens with one attached hydrogen (secondary N) is 1. The Morgan fingerprint density at radius 3 is 2.52 bits per heavy atom. The van der Waals surface area contributed by atoms with Gasteiger partial charge in [0.1, 0.15) is 16.9 Å². The van der Waals surface area contributed by atoms with Crippen molar-refractivity contribution in [1.82, 2.24) is 4.98 Å². The van der Waals surface area contributed by atoms with Crippen molar-refractivity contribution in [3.05, 3.63) is 51.3 Å². The smallest absolute Gasteiger partial charge is 0.420 e. The fourth-order valence-corrected chi connectivity index (χ4v) is 3.87. The van der Waals surface area contributed by atoms with E-state index < -0.39 is 34.3 Å². The summed E-state index contributed by atoms with van der Waals surface area (Å²) in [5.74, 6) is -3.28. The van der Waals surface area contributed by atoms with Gasteiger partial charge in [-0.05, 0) is 42.2 Å². The number of phenols is 1. The molecule has 4 rings (SSSR count). The van der Waals surface area contributed by atoms with E-state index in [4.69, 9.17) is 16.7 Å². The second-order valence-electron chi connectivity index (χ2n) is 6.28. The van der Waals surface area contributed by atoms with Crippen LogP contribution in [-0.2, 0) is 19.0 Å². The highest BCUT2D eigenvalue weighted by molar-refractivity contribution is 6.32. The number of benzene rings is 2. The van der Waals surface area contributed by atoms with E-state index in [0.29, 0.717) is 35.2 Å². The summed E-state index contributed by atoms with van der Waals surface area (Å²) in [6.45, 7) is 0. The number of alkyl halides is 3. The number of aromatic hydroxyl groups is 1. The number of aromatic amines is 1. The molecule has 0 saturated heterocycles. The number of carboxylic acid groups (broad SMARTS) is 1. The zero-order valence-corrected chi connectivity index (χ0v) is 14.1. The summed E-state index contributed by atoms with van der Waals surface area (Å²) in [7, 11) is 0. The summed E-state index contributed by atoms with van der Waals surface area (Å²) in [6, 6.07) is 3.61. The van der Waals surface area contributed by atoms with Crippen molar-refractivity contribution >= 4 is 28.5 Å². The van der Waals surface area contributed by atoms with Crippen LogP contribution in [-0.4, -0.2) is 21.2 Å². The molecular weight excluding hydrogens is 390 g/mol. The molecule has 3 aromatic rings. The van der Waals surface area contributed by atoms with Crippen molar-refractivity contribution in [3.63, 3.8) is 0 Å². The van der Waals surface area contributed by atoms with Crippen molar-refractivity contribution in [2.45, 2.75) is 19.0 Å². The zero-order chi connectivity index (χ0) is 19.7. The molecule has 0 atom stereocenters. The molecule has 27 heavy (non-hydrogen) atoms. The Balaban J connectivity index is 2.01. The maximum absolute atomic E-state index is 14.6. The Kier molecular flexibility index (Phi) is 3.68. The minimum Gasteiger partial charge on any atom is -0.507 e. The van der Waals surface area contributed by atoms with Crippen molar-refractivity contribution in [1.29, 1.82) is 0 Å². The summed E-state index contributed by atoms with van der Waals surface area (Å²) < 4.78 is 53.9. The van der Waals surface area contributed by atoms with Crippen molar-refractivity contribution in [2.75, 3.05) is 0 Å². The van der Waals surface area contributed by atoms with Gasteiger partial charge < -0.3 is 15.2 Å². The largest absolute Gasteiger partial charge is 0.507 e. The number of carbonyl (C=O) groups is 1. The van der Waals surface area contributed by atoms with Gasteiger partial charge in [0.05, 0.1) is 16.2 Å². The number of carboxylic acids is 1. The number of rotatable bonds is 1. The molecule has 0 bridgehead atoms. The van der Waals surface area contributed by atoms with E-state index in [1.807, 2.05) is 0 Å². The molecule has 0 radical (unpaired) electrons. The molecule has 1 heterocycles. The molecule has 0 fully saturated rings. The second-order valence-corrected chi connectivity index (χ2v) is 6.69. The lowest BCUT2D eigenvalue weighted by molar-refractivity contribution is -0.139. The molecule has 9 heteroatoms. The monoisotopic (exact) mass is 399 g/mol. The average molecular weight is 400 g/mol. The van der Waals surface area contributed by atoms with E-state index in [9.17, 15) is 27.5 Å². The number of hydrogen-bond acceptors (Lipinski definition) is 2. The van der Waals surface area contributed by atoms with Crippen LogP contribution in [0, 0.1) is 5.82 Å². The Hall–Kier alpha value is -2.74. The number of halogens is 5. The van der Waals surface area contributed by atoms with E-state index in [1.54, 1.807) is 0 Å². The molecule has 1 aliphatic rings. The van der Waals surface area contributed by atoms with E-state index in [2.05, 4.69) is 4.98 Å². The third-order valence-electron chi connectivity index (χ3n) is 4.74. The maximum Gasteiger partial charge on any atom is 0.420 e. The van der Waals surface area contributed by atoms with Gasteiger partial charge in [0.25, 0.3) is 0 Å². The normalized spacial score (nSPS) is 13.5. The molecule has 0 unspecified atom stereocenters. The summed E-state index contributed by atoms with van der Waals surface area (Å²) in [6.07, 6.45) is -4.21. The van der Waals surface area contributed by atoms with Crippen LogP contribution in [0.3, 0.4) is 0 Å². The minimum atomic E-state index is -4.95. The van der Waals surface area contributed by atoms with Gasteiger partial charge in [-0.1, -0.05) is 11.6 Å². The number of aryl methyl sites for hydroxylation is 2. The lowest BCUT2D eigenvalue weighted by Gasteiger charge is -2.18. The van der Waals surface area contributed by atoms with Gasteiger partial charge >= 0.3 is 12.1 Å². The van der Waals surface area contributed by atoms with E-state index in [-0.39, 0.29) is 16.5 Å². The molecule has 0 saturated carbocycles. The summed E-state index contributed by atoms with van der Waals surface area (Å²) in [5.41, 5.74) is -0.235. The van der Waals surface area contributed by atoms with Crippen LogP contribution in [0.5, 0.6) is 5.75 Å². The SMILES string of the molecule is O=C(O)c1cc2c(cc1O)-c1[nH]c3c(F)c(C(F)(F)F)c(Cl)cc3c1CC2. The number of aromatic carboxylic acids is 1. The maximum atomic E-state index is 14.6. The number of aromatic nitrogens is 1. The molecule has 0 amide bonds. The fraction of sp³-hybridized carbons (Fsp3) is 0.167. The molecule has 1 aliphatic carbocycles. The van der Waals surface area contributed by atoms with Crippen molar-refractivity contribution in [3.8, 4) is 17.0 Å². The van der Waals surface area contributed by atoms with E-state index >= 15 is 0 Å². The van der Waals surface area contributed by atoms with Gasteiger partial charge in [0, 0.05) is 10.9 Å². The van der Waals surface area contributed by atoms with Crippen LogP contribution in [0.1, 0.15) is 27.0 Å². The predicted octanol–water partition coefficient (Wildman–Crippen LogP) is 5.15. The summed E-state index contributed by atoms with van der Waals surface area (Å²) in [5, 5.41) is 18.6. The van der Waals surface area contributed by atoms with Crippen LogP contribution < -0.4 is 0 Å². The minimum absolute atomic E-state index is 0.230. The van der Waals surface area contributed by atoms with Gasteiger partial charge in [-0.3, -0.25) is 0 Å². The van der Waals surface area contributed by atoms with Gasteiger partial charge in [-0.15, -0.1) is 0 Å². The fourth-order valence-electron chi connectivity index (χ4n) is 3.57. The highest BCUT2D eigenvalue weighted by Crippen LogP contribution is 2.45. The molecule has 140 valence electrons. The van der Waals surface area contributed by atoms with Crippen LogP contribution in [0.15, 0.2) is 18.2 Å². The first-order chi connectivity index (χ1) is 12.6. The first-order valence-electron chi connectivity index (χ1n) is 7.79. The van der Waals surface area contributed by atoms with E-state index in [1.165, 1.54) is 12.1 Å². The van der Waals surface area contributed by atoms with Crippen LogP contribution >= 0.6 is 11.6 Å². The quantitative estimate of drug-likeness (QED) is 0.495. The highest BCUT2D eigenvalue weighted by Gasteiger charge is 2.39. The van der Waals surface area contributed by atoms with Gasteiger partial charge in [0.15, 0.2) is 5.82 Å². The van der Waals surface area contributed by atoms with Gasteiger partial charge in [-0.2, -0.15) is 13.2 Å².